The van der Waals surface area contributed by atoms with Gasteiger partial charge in [0.15, 0.2) is 5.13 Å². The lowest BCUT2D eigenvalue weighted by Gasteiger charge is -2.07. The van der Waals surface area contributed by atoms with E-state index in [-0.39, 0.29) is 38.5 Å². The summed E-state index contributed by atoms with van der Waals surface area (Å²) in [6.07, 6.45) is 0.844. The summed E-state index contributed by atoms with van der Waals surface area (Å²) in [7, 11) is 0. The van der Waals surface area contributed by atoms with E-state index < -0.39 is 34.9 Å². The molecule has 3 rings (SSSR count). The van der Waals surface area contributed by atoms with E-state index in [1.165, 1.54) is 13.0 Å². The van der Waals surface area contributed by atoms with Crippen molar-refractivity contribution in [1.29, 1.82) is 0 Å². The average Bonchev–Trinajstić information content (AvgIpc) is 3.22. The average molecular weight is 499 g/mol. The SMILES string of the molecule is CC(=Cc1c(F)cc(C(=O)Nc2nc(-c3cccc(C#CC(C)(C)C)c3F)cs2)cc1F)C(=O)O. The molecule has 0 saturated heterocycles. The third-order valence-corrected chi connectivity index (χ3v) is 5.37. The van der Waals surface area contributed by atoms with Crippen LogP contribution in [0.25, 0.3) is 17.3 Å². The van der Waals surface area contributed by atoms with Crippen LogP contribution in [0, 0.1) is 34.7 Å². The van der Waals surface area contributed by atoms with Crippen molar-refractivity contribution in [2.24, 2.45) is 5.41 Å². The van der Waals surface area contributed by atoms with Crippen LogP contribution < -0.4 is 5.32 Å². The van der Waals surface area contributed by atoms with Gasteiger partial charge >= 0.3 is 5.97 Å². The third-order valence-electron chi connectivity index (χ3n) is 4.61. The van der Waals surface area contributed by atoms with E-state index in [9.17, 15) is 22.8 Å². The summed E-state index contributed by atoms with van der Waals surface area (Å²) >= 11 is 1.01. The Balaban J connectivity index is 1.84. The van der Waals surface area contributed by atoms with Crippen LogP contribution in [0.15, 0.2) is 41.3 Å². The minimum absolute atomic E-state index is 0.0992. The van der Waals surface area contributed by atoms with Crippen molar-refractivity contribution in [3.05, 3.63) is 75.4 Å². The van der Waals surface area contributed by atoms with Crippen LogP contribution in [0.1, 0.15) is 49.2 Å². The quantitative estimate of drug-likeness (QED) is 0.317. The molecule has 0 fully saturated rings. The summed E-state index contributed by atoms with van der Waals surface area (Å²) in [5.41, 5.74) is -0.780. The number of carbonyl (C=O) groups is 2. The summed E-state index contributed by atoms with van der Waals surface area (Å²) in [6, 6.07) is 6.34. The molecule has 5 nitrogen and oxygen atoms in total. The van der Waals surface area contributed by atoms with Gasteiger partial charge in [0, 0.05) is 33.1 Å². The van der Waals surface area contributed by atoms with E-state index in [0.29, 0.717) is 0 Å². The molecule has 180 valence electrons. The number of amides is 1. The maximum atomic E-state index is 15.0. The second-order valence-electron chi connectivity index (χ2n) is 8.65. The lowest BCUT2D eigenvalue weighted by Crippen LogP contribution is -2.13. The molecular weight excluding hydrogens is 477 g/mol. The highest BCUT2D eigenvalue weighted by Gasteiger charge is 2.18. The van der Waals surface area contributed by atoms with E-state index in [1.807, 2.05) is 20.8 Å². The Labute approximate surface area is 204 Å². The van der Waals surface area contributed by atoms with Gasteiger partial charge in [0.1, 0.15) is 17.5 Å². The molecule has 0 radical (unpaired) electrons. The number of hydrogen-bond donors (Lipinski definition) is 2. The number of rotatable bonds is 5. The number of nitrogens with one attached hydrogen (secondary N) is 1. The summed E-state index contributed by atoms with van der Waals surface area (Å²) in [6.45, 7) is 6.93. The molecule has 0 aliphatic carbocycles. The van der Waals surface area contributed by atoms with Crippen molar-refractivity contribution in [2.75, 3.05) is 5.32 Å². The number of aromatic nitrogens is 1. The molecule has 35 heavy (non-hydrogen) atoms. The van der Waals surface area contributed by atoms with Gasteiger partial charge in [-0.15, -0.1) is 11.3 Å². The van der Waals surface area contributed by atoms with Gasteiger partial charge in [-0.1, -0.05) is 17.9 Å². The Hall–Kier alpha value is -3.90. The van der Waals surface area contributed by atoms with Crippen molar-refractivity contribution in [2.45, 2.75) is 27.7 Å². The fraction of sp³-hybridized carbons (Fsp3) is 0.192. The van der Waals surface area contributed by atoms with E-state index in [1.54, 1.807) is 17.5 Å². The standard InChI is InChI=1S/C26H21F3N2O3S/c1-14(24(33)34)10-18-19(27)11-16(12-20(18)28)23(32)31-25-30-21(13-35-25)17-7-5-6-15(22(17)29)8-9-26(2,3)4/h5-7,10-13H,1-4H3,(H,33,34)(H,30,31,32). The van der Waals surface area contributed by atoms with E-state index >= 15 is 0 Å². The molecule has 0 aliphatic heterocycles. The van der Waals surface area contributed by atoms with Gasteiger partial charge in [0.2, 0.25) is 0 Å². The Kier molecular flexibility index (Phi) is 7.46. The predicted octanol–water partition coefficient (Wildman–Crippen LogP) is 6.37. The summed E-state index contributed by atoms with van der Waals surface area (Å²) in [5, 5.41) is 13.0. The highest BCUT2D eigenvalue weighted by Crippen LogP contribution is 2.29. The number of nitrogens with zero attached hydrogens (tertiary/aromatic N) is 1. The molecule has 9 heteroatoms. The molecule has 0 atom stereocenters. The topological polar surface area (TPSA) is 79.3 Å². The zero-order valence-electron chi connectivity index (χ0n) is 19.3. The lowest BCUT2D eigenvalue weighted by molar-refractivity contribution is -0.132. The molecule has 0 aliphatic rings. The highest BCUT2D eigenvalue weighted by molar-refractivity contribution is 7.14. The van der Waals surface area contributed by atoms with Crippen LogP contribution in [0.4, 0.5) is 18.3 Å². The fourth-order valence-electron chi connectivity index (χ4n) is 2.84. The Bertz CT molecular complexity index is 1390. The summed E-state index contributed by atoms with van der Waals surface area (Å²) in [5.74, 6) is 0.919. The van der Waals surface area contributed by atoms with E-state index in [4.69, 9.17) is 5.11 Å². The number of aliphatic carboxylic acids is 1. The number of thiazole rings is 1. The number of carboxylic acids is 1. The third kappa shape index (κ3) is 6.37. The van der Waals surface area contributed by atoms with Gasteiger partial charge in [-0.3, -0.25) is 10.1 Å². The maximum Gasteiger partial charge on any atom is 0.331 e. The van der Waals surface area contributed by atoms with Crippen LogP contribution in [0.3, 0.4) is 0 Å². The number of anilines is 1. The normalized spacial score (nSPS) is 11.6. The largest absolute Gasteiger partial charge is 0.478 e. The van der Waals surface area contributed by atoms with Gasteiger partial charge in [-0.2, -0.15) is 0 Å². The molecule has 2 aromatic carbocycles. The minimum Gasteiger partial charge on any atom is -0.478 e. The first kappa shape index (κ1) is 25.7. The summed E-state index contributed by atoms with van der Waals surface area (Å²) in [4.78, 5) is 27.6. The number of carboxylic acid groups (broad SMARTS) is 1. The molecule has 0 bridgehead atoms. The molecule has 0 spiro atoms. The second-order valence-corrected chi connectivity index (χ2v) is 9.50. The van der Waals surface area contributed by atoms with Crippen LogP contribution in [-0.4, -0.2) is 22.0 Å². The van der Waals surface area contributed by atoms with Crippen molar-refractivity contribution >= 4 is 34.4 Å². The molecule has 3 aromatic rings. The predicted molar refractivity (Wildman–Crippen MR) is 129 cm³/mol. The van der Waals surface area contributed by atoms with Crippen molar-refractivity contribution in [3.8, 4) is 23.1 Å². The maximum absolute atomic E-state index is 15.0. The number of carbonyl (C=O) groups excluding carboxylic acids is 1. The first-order valence-corrected chi connectivity index (χ1v) is 11.2. The Morgan fingerprint density at radius 2 is 1.80 bits per heavy atom. The minimum atomic E-state index is -1.33. The smallest absolute Gasteiger partial charge is 0.331 e. The highest BCUT2D eigenvalue weighted by atomic mass is 32.1. The van der Waals surface area contributed by atoms with Gasteiger partial charge in [-0.05, 0) is 58.0 Å². The summed E-state index contributed by atoms with van der Waals surface area (Å²) < 4.78 is 43.7. The van der Waals surface area contributed by atoms with Gasteiger partial charge in [0.05, 0.1) is 11.3 Å². The van der Waals surface area contributed by atoms with Gasteiger partial charge < -0.3 is 5.11 Å². The lowest BCUT2D eigenvalue weighted by atomic mass is 9.97. The molecule has 0 unspecified atom stereocenters. The van der Waals surface area contributed by atoms with Gasteiger partial charge in [0.25, 0.3) is 5.91 Å². The van der Waals surface area contributed by atoms with E-state index in [2.05, 4.69) is 22.1 Å². The van der Waals surface area contributed by atoms with Crippen LogP contribution in [0.2, 0.25) is 0 Å². The molecule has 2 N–H and O–H groups in total. The fourth-order valence-corrected chi connectivity index (χ4v) is 3.54. The Morgan fingerprint density at radius 1 is 1.14 bits per heavy atom. The molecule has 1 aromatic heterocycles. The molecule has 0 saturated carbocycles. The molecular formula is C26H21F3N2O3S. The van der Waals surface area contributed by atoms with Crippen molar-refractivity contribution < 1.29 is 27.9 Å². The second kappa shape index (κ2) is 10.2. The number of hydrogen-bond acceptors (Lipinski definition) is 4. The number of halogens is 3. The first-order valence-electron chi connectivity index (χ1n) is 10.4. The van der Waals surface area contributed by atoms with E-state index in [0.717, 1.165) is 29.5 Å². The zero-order valence-corrected chi connectivity index (χ0v) is 20.1. The first-order chi connectivity index (χ1) is 16.4. The van der Waals surface area contributed by atoms with Crippen LogP contribution >= 0.6 is 11.3 Å². The monoisotopic (exact) mass is 498 g/mol. The molecule has 1 heterocycles. The molecule has 1 amide bonds. The van der Waals surface area contributed by atoms with Crippen molar-refractivity contribution in [1.82, 2.24) is 4.98 Å². The number of benzene rings is 2. The van der Waals surface area contributed by atoms with Crippen LogP contribution in [-0.2, 0) is 4.79 Å². The van der Waals surface area contributed by atoms with Gasteiger partial charge in [-0.25, -0.2) is 22.9 Å². The van der Waals surface area contributed by atoms with Crippen molar-refractivity contribution in [3.63, 3.8) is 0 Å². The zero-order chi connectivity index (χ0) is 25.9. The van der Waals surface area contributed by atoms with Crippen LogP contribution in [0.5, 0.6) is 0 Å². The Morgan fingerprint density at radius 3 is 2.40 bits per heavy atom.